The molecule has 108 valence electrons. The molecule has 1 heterocycles. The number of benzene rings is 2. The number of halogens is 1. The van der Waals surface area contributed by atoms with Gasteiger partial charge >= 0.3 is 0 Å². The van der Waals surface area contributed by atoms with Crippen molar-refractivity contribution in [3.05, 3.63) is 47.6 Å². The van der Waals surface area contributed by atoms with Crippen molar-refractivity contribution in [2.24, 2.45) is 0 Å². The Labute approximate surface area is 132 Å². The lowest BCUT2D eigenvalue weighted by Crippen LogP contribution is -1.87. The van der Waals surface area contributed by atoms with Crippen molar-refractivity contribution in [3.63, 3.8) is 0 Å². The maximum atomic E-state index is 6.19. The quantitative estimate of drug-likeness (QED) is 0.735. The lowest BCUT2D eigenvalue weighted by atomic mass is 10.2. The number of rotatable bonds is 4. The topological polar surface area (TPSA) is 34.2 Å². The van der Waals surface area contributed by atoms with Crippen LogP contribution in [0, 0.1) is 0 Å². The molecule has 5 heteroatoms. The summed E-state index contributed by atoms with van der Waals surface area (Å²) in [5, 5.41) is 1.83. The second kappa shape index (κ2) is 5.92. The Morgan fingerprint density at radius 2 is 1.76 bits per heavy atom. The van der Waals surface area contributed by atoms with E-state index in [1.54, 1.807) is 26.0 Å². The van der Waals surface area contributed by atoms with Crippen molar-refractivity contribution in [2.45, 2.75) is 9.79 Å². The molecule has 1 N–H and O–H groups in total. The van der Waals surface area contributed by atoms with E-state index in [2.05, 4.69) is 11.1 Å². The zero-order valence-electron chi connectivity index (χ0n) is 11.6. The van der Waals surface area contributed by atoms with E-state index in [0.29, 0.717) is 0 Å². The summed E-state index contributed by atoms with van der Waals surface area (Å²) in [7, 11) is 3.30. The molecular weight excluding hydrogens is 306 g/mol. The number of nitrogens with one attached hydrogen (secondary N) is 1. The van der Waals surface area contributed by atoms with Crippen LogP contribution in [0.15, 0.2) is 52.4 Å². The Morgan fingerprint density at radius 1 is 1.05 bits per heavy atom. The first-order chi connectivity index (χ1) is 10.2. The summed E-state index contributed by atoms with van der Waals surface area (Å²) in [6.45, 7) is 0. The predicted octanol–water partition coefficient (Wildman–Crippen LogP) is 4.99. The van der Waals surface area contributed by atoms with Gasteiger partial charge in [0.1, 0.15) is 11.5 Å². The van der Waals surface area contributed by atoms with Crippen LogP contribution in [0.4, 0.5) is 0 Å². The highest BCUT2D eigenvalue weighted by molar-refractivity contribution is 7.99. The largest absolute Gasteiger partial charge is 0.497 e. The molecule has 0 bridgehead atoms. The molecule has 0 amide bonds. The van der Waals surface area contributed by atoms with Gasteiger partial charge in [-0.2, -0.15) is 0 Å². The first-order valence-electron chi connectivity index (χ1n) is 6.38. The minimum Gasteiger partial charge on any atom is -0.497 e. The third kappa shape index (κ3) is 2.82. The number of hydrogen-bond donors (Lipinski definition) is 1. The molecule has 0 aliphatic rings. The average Bonchev–Trinajstić information content (AvgIpc) is 2.91. The molecule has 0 saturated heterocycles. The fourth-order valence-electron chi connectivity index (χ4n) is 2.14. The van der Waals surface area contributed by atoms with Gasteiger partial charge in [0, 0.05) is 27.4 Å². The van der Waals surface area contributed by atoms with Crippen LogP contribution < -0.4 is 9.47 Å². The lowest BCUT2D eigenvalue weighted by Gasteiger charge is -2.07. The molecule has 3 aromatic rings. The number of H-pyrrole nitrogens is 1. The summed E-state index contributed by atoms with van der Waals surface area (Å²) in [6, 6.07) is 11.7. The van der Waals surface area contributed by atoms with Gasteiger partial charge in [-0.25, -0.2) is 0 Å². The molecule has 3 nitrogen and oxygen atoms in total. The van der Waals surface area contributed by atoms with Gasteiger partial charge in [-0.05, 0) is 18.2 Å². The molecule has 21 heavy (non-hydrogen) atoms. The molecule has 0 fully saturated rings. The third-order valence-corrected chi connectivity index (χ3v) is 4.52. The van der Waals surface area contributed by atoms with Crippen molar-refractivity contribution in [1.82, 2.24) is 4.98 Å². The van der Waals surface area contributed by atoms with Crippen LogP contribution >= 0.6 is 23.4 Å². The first-order valence-corrected chi connectivity index (χ1v) is 7.57. The fourth-order valence-corrected chi connectivity index (χ4v) is 3.37. The molecule has 0 atom stereocenters. The summed E-state index contributed by atoms with van der Waals surface area (Å²) < 4.78 is 10.6. The molecule has 0 radical (unpaired) electrons. The Hall–Kier alpha value is -1.78. The molecule has 0 saturated carbocycles. The van der Waals surface area contributed by atoms with Crippen molar-refractivity contribution < 1.29 is 9.47 Å². The Morgan fingerprint density at radius 3 is 2.43 bits per heavy atom. The van der Waals surface area contributed by atoms with E-state index >= 15 is 0 Å². The second-order valence-corrected chi connectivity index (χ2v) is 5.99. The molecule has 0 aliphatic carbocycles. The monoisotopic (exact) mass is 319 g/mol. The molecule has 0 aliphatic heterocycles. The Kier molecular flexibility index (Phi) is 3.99. The van der Waals surface area contributed by atoms with Gasteiger partial charge in [-0.3, -0.25) is 0 Å². The highest BCUT2D eigenvalue weighted by Gasteiger charge is 2.09. The van der Waals surface area contributed by atoms with Gasteiger partial charge in [0.2, 0.25) is 0 Å². The number of methoxy groups -OCH3 is 2. The number of para-hydroxylation sites is 1. The van der Waals surface area contributed by atoms with E-state index in [-0.39, 0.29) is 0 Å². The fraction of sp³-hybridized carbons (Fsp3) is 0.125. The number of aromatic nitrogens is 1. The molecule has 2 aromatic carbocycles. The van der Waals surface area contributed by atoms with Crippen molar-refractivity contribution in [2.75, 3.05) is 14.2 Å². The van der Waals surface area contributed by atoms with E-state index in [1.165, 1.54) is 0 Å². The van der Waals surface area contributed by atoms with Crippen LogP contribution in [0.2, 0.25) is 5.02 Å². The maximum Gasteiger partial charge on any atom is 0.123 e. The minimum absolute atomic E-state index is 0.725. The van der Waals surface area contributed by atoms with Crippen LogP contribution in [0.25, 0.3) is 10.9 Å². The van der Waals surface area contributed by atoms with Gasteiger partial charge < -0.3 is 14.5 Å². The lowest BCUT2D eigenvalue weighted by molar-refractivity contribution is 0.392. The maximum absolute atomic E-state index is 6.19. The van der Waals surface area contributed by atoms with Gasteiger partial charge in [-0.15, -0.1) is 0 Å². The minimum atomic E-state index is 0.725. The van der Waals surface area contributed by atoms with Crippen LogP contribution in [-0.4, -0.2) is 19.2 Å². The predicted molar refractivity (Wildman–Crippen MR) is 87.0 cm³/mol. The molecule has 0 spiro atoms. The van der Waals surface area contributed by atoms with Crippen molar-refractivity contribution in [3.8, 4) is 11.5 Å². The highest BCUT2D eigenvalue weighted by Crippen LogP contribution is 2.38. The Bertz CT molecular complexity index is 763. The van der Waals surface area contributed by atoms with E-state index in [1.807, 2.05) is 36.5 Å². The van der Waals surface area contributed by atoms with Gasteiger partial charge in [-0.1, -0.05) is 35.5 Å². The zero-order valence-corrected chi connectivity index (χ0v) is 13.2. The normalized spacial score (nSPS) is 10.8. The third-order valence-electron chi connectivity index (χ3n) is 3.18. The van der Waals surface area contributed by atoms with Crippen molar-refractivity contribution in [1.29, 1.82) is 0 Å². The molecular formula is C16H14ClNO2S. The van der Waals surface area contributed by atoms with Gasteiger partial charge in [0.25, 0.3) is 0 Å². The SMILES string of the molecule is COc1cc(OC)cc(Sc2c[nH]c3c(Cl)cccc23)c1. The van der Waals surface area contributed by atoms with Crippen LogP contribution in [-0.2, 0) is 0 Å². The van der Waals surface area contributed by atoms with Gasteiger partial charge in [0.15, 0.2) is 0 Å². The van der Waals surface area contributed by atoms with Crippen molar-refractivity contribution >= 4 is 34.3 Å². The Balaban J connectivity index is 2.00. The summed E-state index contributed by atoms with van der Waals surface area (Å²) >= 11 is 7.83. The van der Waals surface area contributed by atoms with E-state index < -0.39 is 0 Å². The van der Waals surface area contributed by atoms with E-state index in [9.17, 15) is 0 Å². The summed E-state index contributed by atoms with van der Waals surface area (Å²) in [5.74, 6) is 1.55. The molecule has 0 unspecified atom stereocenters. The van der Waals surface area contributed by atoms with E-state index in [4.69, 9.17) is 21.1 Å². The summed E-state index contributed by atoms with van der Waals surface area (Å²) in [4.78, 5) is 5.38. The van der Waals surface area contributed by atoms with Gasteiger partial charge in [0.05, 0.1) is 24.8 Å². The molecule has 3 rings (SSSR count). The summed E-state index contributed by atoms with van der Waals surface area (Å²) in [5.41, 5.74) is 0.955. The number of hydrogen-bond acceptors (Lipinski definition) is 3. The highest BCUT2D eigenvalue weighted by atomic mass is 35.5. The molecule has 1 aromatic heterocycles. The second-order valence-electron chi connectivity index (χ2n) is 4.47. The van der Waals surface area contributed by atoms with Crippen LogP contribution in [0.1, 0.15) is 0 Å². The van der Waals surface area contributed by atoms with E-state index in [0.717, 1.165) is 37.2 Å². The number of fused-ring (bicyclic) bond motifs is 1. The standard InChI is InChI=1S/C16H14ClNO2S/c1-19-10-6-11(20-2)8-12(7-10)21-15-9-18-16-13(15)4-3-5-14(16)17/h3-9,18H,1-2H3. The number of ether oxygens (including phenoxy) is 2. The average molecular weight is 320 g/mol. The zero-order chi connectivity index (χ0) is 14.8. The van der Waals surface area contributed by atoms with Crippen LogP contribution in [0.5, 0.6) is 11.5 Å². The smallest absolute Gasteiger partial charge is 0.123 e. The summed E-state index contributed by atoms with van der Waals surface area (Å²) in [6.07, 6.45) is 1.97. The van der Waals surface area contributed by atoms with Crippen LogP contribution in [0.3, 0.4) is 0 Å². The number of aromatic amines is 1. The first kappa shape index (κ1) is 14.2.